The zero-order chi connectivity index (χ0) is 50.0. The Morgan fingerprint density at radius 1 is 0.290 bits per heavy atom. The van der Waals surface area contributed by atoms with Crippen molar-refractivity contribution in [2.75, 3.05) is 13.2 Å². The number of carbonyl (C=O) groups excluding carboxylic acids is 3. The molecule has 0 spiro atoms. The predicted octanol–water partition coefficient (Wildman–Crippen LogP) is 19.3. The summed E-state index contributed by atoms with van der Waals surface area (Å²) in [4.78, 5) is 38.1. The molecule has 69 heavy (non-hydrogen) atoms. The number of hydrogen-bond donors (Lipinski definition) is 0. The molecule has 6 nitrogen and oxygen atoms in total. The van der Waals surface area contributed by atoms with Gasteiger partial charge in [0.25, 0.3) is 0 Å². The van der Waals surface area contributed by atoms with Gasteiger partial charge in [0.05, 0.1) is 0 Å². The van der Waals surface area contributed by atoms with Crippen LogP contribution in [0.3, 0.4) is 0 Å². The largest absolute Gasteiger partial charge is 0.462 e. The first-order chi connectivity index (χ1) is 34.0. The Labute approximate surface area is 426 Å². The summed E-state index contributed by atoms with van der Waals surface area (Å²) < 4.78 is 16.8. The van der Waals surface area contributed by atoms with Gasteiger partial charge >= 0.3 is 17.9 Å². The smallest absolute Gasteiger partial charge is 0.306 e. The van der Waals surface area contributed by atoms with E-state index in [0.29, 0.717) is 19.3 Å². The van der Waals surface area contributed by atoms with E-state index in [1.54, 1.807) is 0 Å². The lowest BCUT2D eigenvalue weighted by molar-refractivity contribution is -0.167. The maximum Gasteiger partial charge on any atom is 0.306 e. The highest BCUT2D eigenvalue weighted by Crippen LogP contribution is 2.14. The van der Waals surface area contributed by atoms with Crippen LogP contribution in [0.4, 0.5) is 0 Å². The molecule has 0 aliphatic carbocycles. The minimum Gasteiger partial charge on any atom is -0.462 e. The number of esters is 3. The van der Waals surface area contributed by atoms with Crippen LogP contribution in [0.15, 0.2) is 97.2 Å². The molecule has 6 heteroatoms. The Hall–Kier alpha value is -3.67. The number of hydrogen-bond acceptors (Lipinski definition) is 6. The number of allylic oxidation sites excluding steroid dienone is 16. The van der Waals surface area contributed by atoms with E-state index in [9.17, 15) is 14.4 Å². The third kappa shape index (κ3) is 55.1. The highest BCUT2D eigenvalue weighted by molar-refractivity contribution is 5.71. The second-order valence-corrected chi connectivity index (χ2v) is 18.8. The zero-order valence-electron chi connectivity index (χ0n) is 45.0. The number of carbonyl (C=O) groups is 3. The van der Waals surface area contributed by atoms with Gasteiger partial charge < -0.3 is 14.2 Å². The van der Waals surface area contributed by atoms with Crippen LogP contribution < -0.4 is 0 Å². The van der Waals surface area contributed by atoms with Gasteiger partial charge in [-0.15, -0.1) is 0 Å². The first-order valence-electron chi connectivity index (χ1n) is 28.7. The summed E-state index contributed by atoms with van der Waals surface area (Å²) in [7, 11) is 0. The van der Waals surface area contributed by atoms with Gasteiger partial charge in [-0.05, 0) is 128 Å². The minimum atomic E-state index is -0.803. The van der Waals surface area contributed by atoms with E-state index < -0.39 is 6.10 Å². The lowest BCUT2D eigenvalue weighted by Gasteiger charge is -2.18. The van der Waals surface area contributed by atoms with Gasteiger partial charge in [-0.1, -0.05) is 214 Å². The molecule has 0 aliphatic rings. The summed E-state index contributed by atoms with van der Waals surface area (Å²) in [5.74, 6) is -0.949. The van der Waals surface area contributed by atoms with Crippen LogP contribution in [0.5, 0.6) is 0 Å². The van der Waals surface area contributed by atoms with Crippen LogP contribution >= 0.6 is 0 Å². The second-order valence-electron chi connectivity index (χ2n) is 18.8. The number of ether oxygens (including phenoxy) is 3. The van der Waals surface area contributed by atoms with Crippen molar-refractivity contribution in [3.63, 3.8) is 0 Å². The molecule has 0 aromatic carbocycles. The van der Waals surface area contributed by atoms with Crippen LogP contribution in [0.2, 0.25) is 0 Å². The molecule has 1 atom stereocenters. The van der Waals surface area contributed by atoms with Crippen LogP contribution in [-0.4, -0.2) is 37.2 Å². The van der Waals surface area contributed by atoms with Crippen molar-refractivity contribution < 1.29 is 28.6 Å². The van der Waals surface area contributed by atoms with E-state index in [2.05, 4.69) is 118 Å². The molecule has 0 bridgehead atoms. The lowest BCUT2D eigenvalue weighted by atomic mass is 10.1. The fourth-order valence-corrected chi connectivity index (χ4v) is 7.66. The van der Waals surface area contributed by atoms with Gasteiger partial charge in [0.1, 0.15) is 13.2 Å². The summed E-state index contributed by atoms with van der Waals surface area (Å²) in [6.45, 7) is 6.53. The normalized spacial score (nSPS) is 12.8. The molecule has 0 amide bonds. The van der Waals surface area contributed by atoms with Crippen LogP contribution in [0.1, 0.15) is 265 Å². The van der Waals surface area contributed by atoms with Crippen LogP contribution in [-0.2, 0) is 28.6 Å². The molecule has 0 aromatic heterocycles. The van der Waals surface area contributed by atoms with Gasteiger partial charge in [-0.2, -0.15) is 0 Å². The summed E-state index contributed by atoms with van der Waals surface area (Å²) in [5, 5.41) is 0. The van der Waals surface area contributed by atoms with Gasteiger partial charge in [-0.3, -0.25) is 14.4 Å². The van der Waals surface area contributed by atoms with Crippen molar-refractivity contribution in [3.8, 4) is 0 Å². The van der Waals surface area contributed by atoms with Crippen molar-refractivity contribution in [3.05, 3.63) is 97.2 Å². The molecule has 0 rings (SSSR count). The van der Waals surface area contributed by atoms with E-state index in [0.717, 1.165) is 122 Å². The topological polar surface area (TPSA) is 78.9 Å². The van der Waals surface area contributed by atoms with Crippen molar-refractivity contribution >= 4 is 17.9 Å². The Morgan fingerprint density at radius 3 is 0.870 bits per heavy atom. The van der Waals surface area contributed by atoms with E-state index in [-0.39, 0.29) is 31.1 Å². The summed E-state index contributed by atoms with van der Waals surface area (Å²) >= 11 is 0. The highest BCUT2D eigenvalue weighted by Gasteiger charge is 2.19. The zero-order valence-corrected chi connectivity index (χ0v) is 45.0. The summed E-state index contributed by atoms with van der Waals surface area (Å²) in [6.07, 6.45) is 75.3. The molecule has 394 valence electrons. The Balaban J connectivity index is 4.48. The fourth-order valence-electron chi connectivity index (χ4n) is 7.66. The molecule has 0 unspecified atom stereocenters. The van der Waals surface area contributed by atoms with Crippen molar-refractivity contribution in [2.24, 2.45) is 0 Å². The molecule has 0 fully saturated rings. The van der Waals surface area contributed by atoms with Crippen molar-refractivity contribution in [1.82, 2.24) is 0 Å². The standard InChI is InChI=1S/C63H106O6/c1-4-7-10-13-16-19-22-25-27-29-31-33-35-38-41-44-47-50-53-56-62(65)68-59-60(58-67-61(64)55-52-49-46-43-40-37-24-21-18-15-12-9-6-3)69-63(66)57-54-51-48-45-42-39-36-34-32-30-28-26-23-20-17-14-11-8-5-2/h16-17,19-21,24-28,31-34,38,41,60H,4-15,18,22-23,29-30,35-37,39-40,42-59H2,1-3H3/b19-16-,20-17-,24-21-,27-25-,28-26-,33-31-,34-32-,41-38-/t60-/m1/s1. The second kappa shape index (κ2) is 56.9. The number of rotatable bonds is 51. The van der Waals surface area contributed by atoms with Crippen LogP contribution in [0, 0.1) is 0 Å². The average Bonchev–Trinajstić information content (AvgIpc) is 3.35. The van der Waals surface area contributed by atoms with E-state index in [1.165, 1.54) is 103 Å². The van der Waals surface area contributed by atoms with E-state index >= 15 is 0 Å². The van der Waals surface area contributed by atoms with E-state index in [4.69, 9.17) is 14.2 Å². The van der Waals surface area contributed by atoms with Crippen LogP contribution in [0.25, 0.3) is 0 Å². The van der Waals surface area contributed by atoms with Gasteiger partial charge in [0.2, 0.25) is 0 Å². The Morgan fingerprint density at radius 2 is 0.522 bits per heavy atom. The van der Waals surface area contributed by atoms with Crippen molar-refractivity contribution in [1.29, 1.82) is 0 Å². The van der Waals surface area contributed by atoms with Gasteiger partial charge in [-0.25, -0.2) is 0 Å². The third-order valence-corrected chi connectivity index (χ3v) is 12.0. The monoisotopic (exact) mass is 959 g/mol. The molecule has 0 saturated carbocycles. The maximum absolute atomic E-state index is 12.9. The van der Waals surface area contributed by atoms with Crippen molar-refractivity contribution in [2.45, 2.75) is 271 Å². The molecule has 0 N–H and O–H groups in total. The fraction of sp³-hybridized carbons (Fsp3) is 0.698. The Bertz CT molecular complexity index is 1380. The van der Waals surface area contributed by atoms with Gasteiger partial charge in [0, 0.05) is 19.3 Å². The minimum absolute atomic E-state index is 0.0982. The first kappa shape index (κ1) is 65.3. The Kier molecular flexibility index (Phi) is 53.9. The average molecular weight is 960 g/mol. The molecule has 0 aliphatic heterocycles. The summed E-state index contributed by atoms with van der Waals surface area (Å²) in [6, 6.07) is 0. The molecular weight excluding hydrogens is 853 g/mol. The molecule has 0 heterocycles. The molecule has 0 radical (unpaired) electrons. The maximum atomic E-state index is 12.9. The quantitative estimate of drug-likeness (QED) is 0.0262. The predicted molar refractivity (Wildman–Crippen MR) is 297 cm³/mol. The SMILES string of the molecule is CCCCC/C=C\C/C=C\C/C=C\C/C=C\CCCCCC(=O)OC[C@@H](COC(=O)CCCCCCC/C=C\CCCCCC)OC(=O)CCCCCCCC/C=C\C/C=C\C/C=C\CCCCC. The lowest BCUT2D eigenvalue weighted by Crippen LogP contribution is -2.30. The molecule has 0 aromatic rings. The molecular formula is C63H106O6. The van der Waals surface area contributed by atoms with Gasteiger partial charge in [0.15, 0.2) is 6.10 Å². The van der Waals surface area contributed by atoms with E-state index in [1.807, 2.05) is 0 Å². The highest BCUT2D eigenvalue weighted by atomic mass is 16.6. The third-order valence-electron chi connectivity index (χ3n) is 12.0. The summed E-state index contributed by atoms with van der Waals surface area (Å²) in [5.41, 5.74) is 0. The number of unbranched alkanes of at least 4 members (excludes halogenated alkanes) is 24. The molecule has 0 saturated heterocycles. The first-order valence-corrected chi connectivity index (χ1v) is 28.7.